The van der Waals surface area contributed by atoms with Crippen molar-refractivity contribution in [1.82, 2.24) is 10.2 Å². The van der Waals surface area contributed by atoms with E-state index in [0.717, 1.165) is 24.7 Å². The lowest BCUT2D eigenvalue weighted by Gasteiger charge is -2.33. The lowest BCUT2D eigenvalue weighted by molar-refractivity contribution is -0.902. The molecule has 2 N–H and O–H groups in total. The summed E-state index contributed by atoms with van der Waals surface area (Å²) < 4.78 is 0. The second kappa shape index (κ2) is 6.87. The molecule has 0 saturated carbocycles. The van der Waals surface area contributed by atoms with Crippen molar-refractivity contribution in [3.05, 3.63) is 35.4 Å². The van der Waals surface area contributed by atoms with Gasteiger partial charge in [0, 0.05) is 6.54 Å². The van der Waals surface area contributed by atoms with E-state index >= 15 is 0 Å². The van der Waals surface area contributed by atoms with Gasteiger partial charge in [0.05, 0.1) is 32.7 Å². The maximum absolute atomic E-state index is 5.48. The fourth-order valence-electron chi connectivity index (χ4n) is 2.38. The minimum atomic E-state index is 0.819. The van der Waals surface area contributed by atoms with Crippen LogP contribution in [0, 0.1) is 6.92 Å². The van der Waals surface area contributed by atoms with Crippen LogP contribution in [0.25, 0.3) is 0 Å². The van der Waals surface area contributed by atoms with Crippen LogP contribution in [0.4, 0.5) is 0 Å². The van der Waals surface area contributed by atoms with Gasteiger partial charge in [-0.1, -0.05) is 29.8 Å². The van der Waals surface area contributed by atoms with E-state index < -0.39 is 0 Å². The van der Waals surface area contributed by atoms with Crippen LogP contribution in [0.3, 0.4) is 0 Å². The quantitative estimate of drug-likeness (QED) is 0.790. The van der Waals surface area contributed by atoms with E-state index in [9.17, 15) is 0 Å². The van der Waals surface area contributed by atoms with Crippen LogP contribution in [0.5, 0.6) is 0 Å². The zero-order chi connectivity index (χ0) is 13.7. The number of nitrogens with zero attached hydrogens (tertiary/aromatic N) is 1. The lowest BCUT2D eigenvalue weighted by Crippen LogP contribution is -3.14. The van der Waals surface area contributed by atoms with Gasteiger partial charge in [0.25, 0.3) is 0 Å². The number of quaternary nitrogens is 1. The highest BCUT2D eigenvalue weighted by molar-refractivity contribution is 7.80. The lowest BCUT2D eigenvalue weighted by atomic mass is 10.1. The molecule has 0 atom stereocenters. The largest absolute Gasteiger partial charge is 0.358 e. The average molecular weight is 278 g/mol. The summed E-state index contributed by atoms with van der Waals surface area (Å²) in [6.45, 7) is 10.9. The summed E-state index contributed by atoms with van der Waals surface area (Å²) in [5.74, 6) is 0. The van der Waals surface area contributed by atoms with Crippen LogP contribution in [0.1, 0.15) is 18.1 Å². The third-order valence-corrected chi connectivity index (χ3v) is 4.22. The summed E-state index contributed by atoms with van der Waals surface area (Å²) in [4.78, 5) is 3.97. The number of aryl methyl sites for hydroxylation is 1. The number of thiocarbonyl (C=S) groups is 1. The molecule has 0 amide bonds. The van der Waals surface area contributed by atoms with E-state index in [0.29, 0.717) is 0 Å². The summed E-state index contributed by atoms with van der Waals surface area (Å²) in [6.07, 6.45) is 0. The third-order valence-electron chi connectivity index (χ3n) is 3.82. The normalized spacial score (nSPS) is 16.4. The van der Waals surface area contributed by atoms with Gasteiger partial charge < -0.3 is 15.1 Å². The number of benzene rings is 1. The van der Waals surface area contributed by atoms with E-state index in [2.05, 4.69) is 48.3 Å². The highest BCUT2D eigenvalue weighted by Crippen LogP contribution is 2.03. The van der Waals surface area contributed by atoms with Crippen LogP contribution in [-0.4, -0.2) is 42.7 Å². The number of hydrogen-bond acceptors (Lipinski definition) is 1. The number of rotatable bonds is 3. The van der Waals surface area contributed by atoms with Crippen molar-refractivity contribution < 1.29 is 4.90 Å². The summed E-state index contributed by atoms with van der Waals surface area (Å²) in [7, 11) is 0. The molecule has 0 aliphatic carbocycles. The zero-order valence-electron chi connectivity index (χ0n) is 11.9. The van der Waals surface area contributed by atoms with Gasteiger partial charge in [-0.3, -0.25) is 0 Å². The molecule has 0 unspecified atom stereocenters. The fraction of sp³-hybridized carbons (Fsp3) is 0.533. The fourth-order valence-corrected chi connectivity index (χ4v) is 2.63. The second-order valence-corrected chi connectivity index (χ2v) is 5.62. The molecular weight excluding hydrogens is 254 g/mol. The zero-order valence-corrected chi connectivity index (χ0v) is 12.7. The van der Waals surface area contributed by atoms with Crippen molar-refractivity contribution in [3.63, 3.8) is 0 Å². The molecule has 1 aromatic carbocycles. The molecule has 0 bridgehead atoms. The molecule has 19 heavy (non-hydrogen) atoms. The number of likely N-dealkylation sites (N-methyl/N-ethyl adjacent to an activating group) is 1. The third kappa shape index (κ3) is 4.18. The van der Waals surface area contributed by atoms with Crippen molar-refractivity contribution in [2.24, 2.45) is 0 Å². The summed E-state index contributed by atoms with van der Waals surface area (Å²) in [5.41, 5.74) is 2.58. The van der Waals surface area contributed by atoms with Crippen molar-refractivity contribution >= 4 is 17.3 Å². The van der Waals surface area contributed by atoms with Crippen LogP contribution < -0.4 is 10.2 Å². The smallest absolute Gasteiger partial charge is 0.169 e. The Balaban J connectivity index is 1.77. The Morgan fingerprint density at radius 3 is 2.47 bits per heavy atom. The maximum atomic E-state index is 5.48. The van der Waals surface area contributed by atoms with Gasteiger partial charge in [-0.2, -0.15) is 0 Å². The monoisotopic (exact) mass is 278 g/mol. The molecule has 1 aromatic rings. The Hall–Kier alpha value is -1.13. The van der Waals surface area contributed by atoms with Crippen molar-refractivity contribution in [3.8, 4) is 0 Å². The van der Waals surface area contributed by atoms with E-state index in [-0.39, 0.29) is 0 Å². The van der Waals surface area contributed by atoms with Crippen molar-refractivity contribution in [2.45, 2.75) is 20.4 Å². The molecule has 1 saturated heterocycles. The molecule has 1 aliphatic heterocycles. The molecule has 0 aromatic heterocycles. The van der Waals surface area contributed by atoms with Gasteiger partial charge in [-0.05, 0) is 31.6 Å². The predicted octanol–water partition coefficient (Wildman–Crippen LogP) is 0.590. The van der Waals surface area contributed by atoms with Crippen LogP contribution in [-0.2, 0) is 6.54 Å². The van der Waals surface area contributed by atoms with Crippen LogP contribution >= 0.6 is 12.2 Å². The second-order valence-electron chi connectivity index (χ2n) is 5.23. The molecule has 2 rings (SSSR count). The van der Waals surface area contributed by atoms with E-state index in [1.54, 1.807) is 4.90 Å². The minimum absolute atomic E-state index is 0.819. The molecule has 1 fully saturated rings. The van der Waals surface area contributed by atoms with Crippen molar-refractivity contribution in [1.29, 1.82) is 0 Å². The van der Waals surface area contributed by atoms with Gasteiger partial charge in [-0.25, -0.2) is 0 Å². The van der Waals surface area contributed by atoms with Crippen LogP contribution in [0.2, 0.25) is 0 Å². The molecular formula is C15H24N3S+. The Labute approximate surface area is 121 Å². The van der Waals surface area contributed by atoms with E-state index in [4.69, 9.17) is 12.2 Å². The standard InChI is InChI=1S/C15H23N3S/c1-3-17-8-10-18(11-9-17)15(19)16-12-14-6-4-13(2)5-7-14/h4-7H,3,8-12H2,1-2H3,(H,16,19)/p+1. The first kappa shape index (κ1) is 14.3. The Morgan fingerprint density at radius 2 is 1.89 bits per heavy atom. The Bertz CT molecular complexity index is 408. The number of nitrogens with one attached hydrogen (secondary N) is 2. The minimum Gasteiger partial charge on any atom is -0.358 e. The maximum Gasteiger partial charge on any atom is 0.169 e. The number of piperazine rings is 1. The highest BCUT2D eigenvalue weighted by Gasteiger charge is 2.19. The number of hydrogen-bond donors (Lipinski definition) is 2. The Morgan fingerprint density at radius 1 is 1.26 bits per heavy atom. The summed E-state index contributed by atoms with van der Waals surface area (Å²) >= 11 is 5.48. The first-order chi connectivity index (χ1) is 9.19. The van der Waals surface area contributed by atoms with Gasteiger partial charge in [0.15, 0.2) is 5.11 Å². The van der Waals surface area contributed by atoms with Gasteiger partial charge in [-0.15, -0.1) is 0 Å². The first-order valence-electron chi connectivity index (χ1n) is 7.11. The van der Waals surface area contributed by atoms with Gasteiger partial charge in [0.1, 0.15) is 0 Å². The molecule has 104 valence electrons. The summed E-state index contributed by atoms with van der Waals surface area (Å²) in [5, 5.41) is 4.27. The Kier molecular flexibility index (Phi) is 5.16. The van der Waals surface area contributed by atoms with E-state index in [1.807, 2.05) is 0 Å². The SMILES string of the molecule is CC[NH+]1CCN(C(=S)NCc2ccc(C)cc2)CC1. The van der Waals surface area contributed by atoms with Gasteiger partial charge in [0.2, 0.25) is 0 Å². The topological polar surface area (TPSA) is 19.7 Å². The average Bonchev–Trinajstić information content (AvgIpc) is 2.46. The molecule has 1 aliphatic rings. The highest BCUT2D eigenvalue weighted by atomic mass is 32.1. The molecule has 4 heteroatoms. The first-order valence-corrected chi connectivity index (χ1v) is 7.51. The molecule has 1 heterocycles. The molecule has 0 radical (unpaired) electrons. The molecule has 0 spiro atoms. The van der Waals surface area contributed by atoms with E-state index in [1.165, 1.54) is 30.8 Å². The predicted molar refractivity (Wildman–Crippen MR) is 83.4 cm³/mol. The van der Waals surface area contributed by atoms with Crippen LogP contribution in [0.15, 0.2) is 24.3 Å². The van der Waals surface area contributed by atoms with Gasteiger partial charge >= 0.3 is 0 Å². The summed E-state index contributed by atoms with van der Waals surface area (Å²) in [6, 6.07) is 8.60. The molecule has 3 nitrogen and oxygen atoms in total. The van der Waals surface area contributed by atoms with Crippen molar-refractivity contribution in [2.75, 3.05) is 32.7 Å².